The highest BCUT2D eigenvalue weighted by molar-refractivity contribution is 5.88. The second-order valence-electron chi connectivity index (χ2n) is 4.22. The zero-order valence-corrected chi connectivity index (χ0v) is 10.6. The smallest absolute Gasteiger partial charge is 0.334 e. The number of hydrogen-bond donors (Lipinski definition) is 3. The first-order valence-electron chi connectivity index (χ1n) is 5.74. The Morgan fingerprint density at radius 3 is 2.26 bits per heavy atom. The fourth-order valence-corrected chi connectivity index (χ4v) is 1.90. The molecule has 1 atom stereocenters. The molecule has 2 amide bonds. The zero-order chi connectivity index (χ0) is 14.5. The molecule has 1 aromatic carbocycles. The van der Waals surface area contributed by atoms with Crippen molar-refractivity contribution in [2.45, 2.75) is 25.3 Å². The minimum Gasteiger partial charge on any atom is -0.479 e. The van der Waals surface area contributed by atoms with Crippen LogP contribution in [0.25, 0.3) is 0 Å². The number of nitrogens with two attached hydrogens (primary N) is 1. The highest BCUT2D eigenvalue weighted by atomic mass is 16.4. The largest absolute Gasteiger partial charge is 0.479 e. The van der Waals surface area contributed by atoms with Gasteiger partial charge in [-0.1, -0.05) is 30.3 Å². The molecule has 0 unspecified atom stereocenters. The zero-order valence-electron chi connectivity index (χ0n) is 10.6. The molecule has 0 aliphatic rings. The number of hydrogen-bond acceptors (Lipinski definition) is 3. The van der Waals surface area contributed by atoms with E-state index in [0.29, 0.717) is 5.56 Å². The molecule has 0 aliphatic heterocycles. The van der Waals surface area contributed by atoms with Gasteiger partial charge in [0.05, 0.1) is 0 Å². The second kappa shape index (κ2) is 5.99. The van der Waals surface area contributed by atoms with E-state index in [1.165, 1.54) is 6.92 Å². The minimum absolute atomic E-state index is 0.0960. The lowest BCUT2D eigenvalue weighted by molar-refractivity contribution is -0.148. The van der Waals surface area contributed by atoms with Crippen molar-refractivity contribution in [1.82, 2.24) is 5.32 Å². The molecule has 1 aromatic rings. The Labute approximate surface area is 110 Å². The van der Waals surface area contributed by atoms with Crippen LogP contribution < -0.4 is 11.1 Å². The van der Waals surface area contributed by atoms with Crippen LogP contribution in [0.2, 0.25) is 0 Å². The number of amides is 2. The van der Waals surface area contributed by atoms with Gasteiger partial charge < -0.3 is 16.2 Å². The SMILES string of the molecule is CC(=O)N[C@@](CCC(N)=O)(C(=O)O)c1ccccc1. The van der Waals surface area contributed by atoms with Crippen molar-refractivity contribution in [3.63, 3.8) is 0 Å². The number of primary amides is 1. The first-order valence-corrected chi connectivity index (χ1v) is 5.74. The molecule has 0 fully saturated rings. The van der Waals surface area contributed by atoms with Crippen LogP contribution in [0.1, 0.15) is 25.3 Å². The van der Waals surface area contributed by atoms with Crippen LogP contribution in [-0.4, -0.2) is 22.9 Å². The molecule has 0 bridgehead atoms. The van der Waals surface area contributed by atoms with Gasteiger partial charge in [0.1, 0.15) is 0 Å². The number of aliphatic carboxylic acids is 1. The lowest BCUT2D eigenvalue weighted by Crippen LogP contribution is -2.51. The summed E-state index contributed by atoms with van der Waals surface area (Å²) in [6, 6.07) is 8.24. The molecule has 0 aromatic heterocycles. The van der Waals surface area contributed by atoms with E-state index in [1.807, 2.05) is 0 Å². The van der Waals surface area contributed by atoms with Gasteiger partial charge in [-0.15, -0.1) is 0 Å². The third kappa shape index (κ3) is 3.54. The molecule has 102 valence electrons. The minimum atomic E-state index is -1.64. The average molecular weight is 264 g/mol. The molecule has 6 heteroatoms. The van der Waals surface area contributed by atoms with Crippen molar-refractivity contribution < 1.29 is 19.5 Å². The molecule has 0 aliphatic carbocycles. The molecule has 1 rings (SSSR count). The van der Waals surface area contributed by atoms with E-state index in [2.05, 4.69) is 5.32 Å². The van der Waals surface area contributed by atoms with E-state index in [4.69, 9.17) is 5.73 Å². The maximum absolute atomic E-state index is 11.6. The molecule has 0 spiro atoms. The van der Waals surface area contributed by atoms with Gasteiger partial charge in [0.25, 0.3) is 0 Å². The van der Waals surface area contributed by atoms with E-state index in [0.717, 1.165) is 0 Å². The summed E-state index contributed by atoms with van der Waals surface area (Å²) in [5.41, 5.74) is 3.83. The van der Waals surface area contributed by atoms with E-state index < -0.39 is 23.3 Å². The summed E-state index contributed by atoms with van der Waals surface area (Å²) in [5.74, 6) is -2.34. The summed E-state index contributed by atoms with van der Waals surface area (Å²) in [4.78, 5) is 33.8. The lowest BCUT2D eigenvalue weighted by atomic mass is 9.85. The van der Waals surface area contributed by atoms with Crippen LogP contribution in [0.15, 0.2) is 30.3 Å². The number of nitrogens with one attached hydrogen (secondary N) is 1. The summed E-state index contributed by atoms with van der Waals surface area (Å²) in [6.07, 6.45) is -0.233. The van der Waals surface area contributed by atoms with Crippen LogP contribution in [0.4, 0.5) is 0 Å². The van der Waals surface area contributed by atoms with Crippen LogP contribution in [-0.2, 0) is 19.9 Å². The van der Waals surface area contributed by atoms with E-state index in [9.17, 15) is 19.5 Å². The van der Waals surface area contributed by atoms with Gasteiger partial charge in [0.2, 0.25) is 11.8 Å². The molecule has 0 saturated heterocycles. The monoisotopic (exact) mass is 264 g/mol. The molecule has 4 N–H and O–H groups in total. The maximum Gasteiger partial charge on any atom is 0.334 e. The predicted molar refractivity (Wildman–Crippen MR) is 68.0 cm³/mol. The molecule has 19 heavy (non-hydrogen) atoms. The average Bonchev–Trinajstić information content (AvgIpc) is 2.34. The Hall–Kier alpha value is -2.37. The highest BCUT2D eigenvalue weighted by Crippen LogP contribution is 2.27. The first-order chi connectivity index (χ1) is 8.88. The van der Waals surface area contributed by atoms with E-state index >= 15 is 0 Å². The van der Waals surface area contributed by atoms with Gasteiger partial charge in [-0.2, -0.15) is 0 Å². The van der Waals surface area contributed by atoms with Gasteiger partial charge in [-0.3, -0.25) is 9.59 Å². The Kier molecular flexibility index (Phi) is 4.63. The number of benzene rings is 1. The fraction of sp³-hybridized carbons (Fsp3) is 0.308. The Balaban J connectivity index is 3.22. The van der Waals surface area contributed by atoms with Crippen molar-refractivity contribution in [3.8, 4) is 0 Å². The Morgan fingerprint density at radius 1 is 1.26 bits per heavy atom. The van der Waals surface area contributed by atoms with Gasteiger partial charge in [-0.25, -0.2) is 4.79 Å². The maximum atomic E-state index is 11.6. The summed E-state index contributed by atoms with van der Waals surface area (Å²) < 4.78 is 0. The number of carboxylic acids is 1. The molecule has 0 heterocycles. The summed E-state index contributed by atoms with van der Waals surface area (Å²) >= 11 is 0. The topological polar surface area (TPSA) is 109 Å². The van der Waals surface area contributed by atoms with Crippen molar-refractivity contribution in [3.05, 3.63) is 35.9 Å². The normalized spacial score (nSPS) is 13.3. The lowest BCUT2D eigenvalue weighted by Gasteiger charge is -2.30. The fourth-order valence-electron chi connectivity index (χ4n) is 1.90. The molecular formula is C13H16N2O4. The first kappa shape index (κ1) is 14.7. The van der Waals surface area contributed by atoms with Crippen molar-refractivity contribution in [2.75, 3.05) is 0 Å². The Bertz CT molecular complexity index is 487. The third-order valence-electron chi connectivity index (χ3n) is 2.77. The van der Waals surface area contributed by atoms with Crippen molar-refractivity contribution in [2.24, 2.45) is 5.73 Å². The summed E-state index contributed by atoms with van der Waals surface area (Å²) in [5, 5.41) is 11.9. The molecule has 0 radical (unpaired) electrons. The third-order valence-corrected chi connectivity index (χ3v) is 2.77. The molecular weight excluding hydrogens is 248 g/mol. The van der Waals surface area contributed by atoms with Crippen LogP contribution in [0.5, 0.6) is 0 Å². The van der Waals surface area contributed by atoms with Crippen molar-refractivity contribution in [1.29, 1.82) is 0 Å². The summed E-state index contributed by atoms with van der Waals surface area (Å²) in [6.45, 7) is 1.23. The van der Waals surface area contributed by atoms with Gasteiger partial charge in [-0.05, 0) is 12.0 Å². The second-order valence-corrected chi connectivity index (χ2v) is 4.22. The predicted octanol–water partition coefficient (Wildman–Crippen LogP) is 0.368. The van der Waals surface area contributed by atoms with Gasteiger partial charge >= 0.3 is 5.97 Å². The van der Waals surface area contributed by atoms with Crippen LogP contribution in [0.3, 0.4) is 0 Å². The highest BCUT2D eigenvalue weighted by Gasteiger charge is 2.41. The van der Waals surface area contributed by atoms with E-state index in [1.54, 1.807) is 30.3 Å². The standard InChI is InChI=1S/C13H16N2O4/c1-9(16)15-13(12(18)19,8-7-11(14)17)10-5-3-2-4-6-10/h2-6H,7-8H2,1H3,(H2,14,17)(H,15,16)(H,18,19)/t13-/m1/s1. The van der Waals surface area contributed by atoms with Gasteiger partial charge in [0, 0.05) is 13.3 Å². The summed E-state index contributed by atoms with van der Waals surface area (Å²) in [7, 11) is 0. The number of carbonyl (C=O) groups excluding carboxylic acids is 2. The molecule has 0 saturated carbocycles. The van der Waals surface area contributed by atoms with Crippen LogP contribution in [0, 0.1) is 0 Å². The number of rotatable bonds is 6. The van der Waals surface area contributed by atoms with E-state index in [-0.39, 0.29) is 12.8 Å². The quantitative estimate of drug-likeness (QED) is 0.689. The van der Waals surface area contributed by atoms with Crippen molar-refractivity contribution >= 4 is 17.8 Å². The number of carboxylic acid groups (broad SMARTS) is 1. The van der Waals surface area contributed by atoms with Crippen LogP contribution >= 0.6 is 0 Å². The molecule has 6 nitrogen and oxygen atoms in total. The Morgan fingerprint density at radius 2 is 1.84 bits per heavy atom. The van der Waals surface area contributed by atoms with Gasteiger partial charge in [0.15, 0.2) is 5.54 Å². The number of carbonyl (C=O) groups is 3.